The molecular weight excluding hydrogens is 372 g/mol. The van der Waals surface area contributed by atoms with Crippen LogP contribution in [0, 0.1) is 5.41 Å². The third-order valence-electron chi connectivity index (χ3n) is 5.64. The Labute approximate surface area is 170 Å². The van der Waals surface area contributed by atoms with Crippen molar-refractivity contribution in [2.75, 3.05) is 31.6 Å². The van der Waals surface area contributed by atoms with Gasteiger partial charge in [0, 0.05) is 45.5 Å². The van der Waals surface area contributed by atoms with Crippen LogP contribution in [-0.2, 0) is 9.59 Å². The molecule has 0 atom stereocenters. The van der Waals surface area contributed by atoms with Gasteiger partial charge in [0.25, 0.3) is 0 Å². The van der Waals surface area contributed by atoms with Crippen LogP contribution in [-0.4, -0.2) is 68.7 Å². The number of amides is 1. The minimum absolute atomic E-state index is 0.0639. The number of rotatable bonds is 7. The Balaban J connectivity index is 1.58. The van der Waals surface area contributed by atoms with Gasteiger partial charge >= 0.3 is 5.97 Å². The summed E-state index contributed by atoms with van der Waals surface area (Å²) in [6.07, 6.45) is 4.87. The number of fused-ring (bicyclic) bond motifs is 1. The van der Waals surface area contributed by atoms with E-state index < -0.39 is 17.0 Å². The van der Waals surface area contributed by atoms with E-state index in [4.69, 9.17) is 5.11 Å². The van der Waals surface area contributed by atoms with Crippen LogP contribution in [0.4, 0.5) is 5.82 Å². The lowest BCUT2D eigenvalue weighted by molar-refractivity contribution is -0.141. The summed E-state index contributed by atoms with van der Waals surface area (Å²) in [7, 11) is 1.68. The minimum atomic E-state index is -0.944. The maximum absolute atomic E-state index is 12.6. The molecule has 0 spiro atoms. The number of nitrogens with zero attached hydrogens (tertiary/aromatic N) is 4. The first-order valence-electron chi connectivity index (χ1n) is 9.94. The van der Waals surface area contributed by atoms with Gasteiger partial charge in [-0.15, -0.1) is 0 Å². The highest BCUT2D eigenvalue weighted by Gasteiger charge is 2.36. The van der Waals surface area contributed by atoms with Gasteiger partial charge in [0.2, 0.25) is 5.91 Å². The molecule has 1 aliphatic heterocycles. The Hall–Kier alpha value is -2.61. The summed E-state index contributed by atoms with van der Waals surface area (Å²) >= 11 is 0. The Morgan fingerprint density at radius 3 is 2.59 bits per heavy atom. The lowest BCUT2D eigenvalue weighted by atomic mass is 9.84. The van der Waals surface area contributed by atoms with Crippen LogP contribution in [0.3, 0.4) is 0 Å². The maximum atomic E-state index is 12.6. The van der Waals surface area contributed by atoms with E-state index >= 15 is 0 Å². The Kier molecular flexibility index (Phi) is 5.84. The van der Waals surface area contributed by atoms with Crippen molar-refractivity contribution >= 4 is 23.3 Å². The second-order valence-electron chi connectivity index (χ2n) is 8.91. The lowest BCUT2D eigenvalue weighted by Gasteiger charge is -2.41. The molecule has 0 saturated carbocycles. The molecule has 0 bridgehead atoms. The number of hydrogen-bond acceptors (Lipinski definition) is 5. The number of hydrogen-bond donors (Lipinski definition) is 2. The highest BCUT2D eigenvalue weighted by atomic mass is 16.4. The summed E-state index contributed by atoms with van der Waals surface area (Å²) in [6.45, 7) is 5.16. The first-order valence-corrected chi connectivity index (χ1v) is 9.94. The summed E-state index contributed by atoms with van der Waals surface area (Å²) in [5.41, 5.74) is -0.675. The van der Waals surface area contributed by atoms with Crippen LogP contribution in [0.2, 0.25) is 0 Å². The molecule has 2 N–H and O–H groups in total. The van der Waals surface area contributed by atoms with Crippen LogP contribution < -0.4 is 4.90 Å². The number of aromatic nitrogens is 2. The fourth-order valence-electron chi connectivity index (χ4n) is 4.05. The van der Waals surface area contributed by atoms with Crippen molar-refractivity contribution in [1.82, 2.24) is 14.3 Å². The van der Waals surface area contributed by atoms with E-state index in [1.165, 1.54) is 4.90 Å². The predicted octanol–water partition coefficient (Wildman–Crippen LogP) is 2.01. The molecule has 1 fully saturated rings. The van der Waals surface area contributed by atoms with Gasteiger partial charge in [0.1, 0.15) is 11.5 Å². The van der Waals surface area contributed by atoms with Crippen LogP contribution >= 0.6 is 0 Å². The Bertz CT molecular complexity index is 884. The van der Waals surface area contributed by atoms with Crippen molar-refractivity contribution in [3.8, 4) is 0 Å². The summed E-state index contributed by atoms with van der Waals surface area (Å²) in [6, 6.07) is 5.97. The molecule has 0 aromatic carbocycles. The van der Waals surface area contributed by atoms with E-state index in [-0.39, 0.29) is 25.3 Å². The third kappa shape index (κ3) is 5.06. The second kappa shape index (κ2) is 8.02. The smallest absolute Gasteiger partial charge is 0.303 e. The molecule has 3 rings (SSSR count). The molecular formula is C21H30N4O4. The van der Waals surface area contributed by atoms with E-state index in [1.807, 2.05) is 28.8 Å². The molecule has 0 aliphatic carbocycles. The highest BCUT2D eigenvalue weighted by Crippen LogP contribution is 2.29. The molecule has 0 radical (unpaired) electrons. The number of aliphatic hydroxyl groups is 1. The van der Waals surface area contributed by atoms with Crippen molar-refractivity contribution in [2.45, 2.75) is 45.1 Å². The van der Waals surface area contributed by atoms with Crippen LogP contribution in [0.5, 0.6) is 0 Å². The fourth-order valence-corrected chi connectivity index (χ4v) is 4.05. The number of aliphatic carboxylic acids is 1. The summed E-state index contributed by atoms with van der Waals surface area (Å²) in [5.74, 6) is -0.0124. The number of pyridine rings is 1. The molecule has 29 heavy (non-hydrogen) atoms. The molecule has 0 unspecified atom stereocenters. The van der Waals surface area contributed by atoms with E-state index in [0.717, 1.165) is 11.5 Å². The van der Waals surface area contributed by atoms with E-state index in [9.17, 15) is 14.7 Å². The second-order valence-corrected chi connectivity index (χ2v) is 8.91. The normalized spacial score (nSPS) is 16.8. The molecule has 2 aromatic rings. The zero-order valence-corrected chi connectivity index (χ0v) is 17.3. The van der Waals surface area contributed by atoms with Crippen LogP contribution in [0.1, 0.15) is 39.5 Å². The molecule has 8 heteroatoms. The van der Waals surface area contributed by atoms with Crippen molar-refractivity contribution < 1.29 is 19.8 Å². The average Bonchev–Trinajstić information content (AvgIpc) is 3.09. The molecule has 8 nitrogen and oxygen atoms in total. The van der Waals surface area contributed by atoms with Gasteiger partial charge < -0.3 is 20.0 Å². The van der Waals surface area contributed by atoms with Crippen molar-refractivity contribution in [2.24, 2.45) is 5.41 Å². The zero-order valence-electron chi connectivity index (χ0n) is 17.3. The Morgan fingerprint density at radius 1 is 1.24 bits per heavy atom. The topological polar surface area (TPSA) is 98.4 Å². The zero-order chi connectivity index (χ0) is 21.2. The van der Waals surface area contributed by atoms with Crippen LogP contribution in [0.15, 0.2) is 30.6 Å². The molecule has 1 saturated heterocycles. The SMILES string of the molecule is CN(CC1(O)CCN(c2cccc3nccn23)CC1)C(=O)CC(C)(C)CC(=O)O. The number of likely N-dealkylation sites (N-methyl/N-ethyl adjacent to an activating group) is 1. The predicted molar refractivity (Wildman–Crippen MR) is 110 cm³/mol. The van der Waals surface area contributed by atoms with Gasteiger partial charge in [-0.05, 0) is 30.4 Å². The van der Waals surface area contributed by atoms with E-state index in [1.54, 1.807) is 27.1 Å². The number of carbonyl (C=O) groups is 2. The summed E-state index contributed by atoms with van der Waals surface area (Å²) in [5, 5.41) is 20.0. The first-order chi connectivity index (χ1) is 13.6. The Morgan fingerprint density at radius 2 is 1.93 bits per heavy atom. The quantitative estimate of drug-likeness (QED) is 0.735. The highest BCUT2D eigenvalue weighted by molar-refractivity contribution is 5.78. The molecule has 3 heterocycles. The molecule has 1 aliphatic rings. The van der Waals surface area contributed by atoms with Gasteiger partial charge in [-0.2, -0.15) is 0 Å². The monoisotopic (exact) mass is 402 g/mol. The van der Waals surface area contributed by atoms with Crippen molar-refractivity contribution in [3.63, 3.8) is 0 Å². The number of imidazole rings is 1. The van der Waals surface area contributed by atoms with Gasteiger partial charge in [-0.3, -0.25) is 14.0 Å². The number of carboxylic acid groups (broad SMARTS) is 1. The van der Waals surface area contributed by atoms with Crippen molar-refractivity contribution in [3.05, 3.63) is 30.6 Å². The minimum Gasteiger partial charge on any atom is -0.481 e. The number of anilines is 1. The third-order valence-corrected chi connectivity index (χ3v) is 5.64. The fraction of sp³-hybridized carbons (Fsp3) is 0.571. The first kappa shape index (κ1) is 21.1. The van der Waals surface area contributed by atoms with E-state index in [0.29, 0.717) is 25.9 Å². The molecule has 1 amide bonds. The lowest BCUT2D eigenvalue weighted by Crippen LogP contribution is -2.52. The molecule has 158 valence electrons. The van der Waals surface area contributed by atoms with Crippen LogP contribution in [0.25, 0.3) is 5.65 Å². The van der Waals surface area contributed by atoms with E-state index in [2.05, 4.69) is 9.88 Å². The summed E-state index contributed by atoms with van der Waals surface area (Å²) < 4.78 is 2.03. The van der Waals surface area contributed by atoms with Gasteiger partial charge in [0.05, 0.1) is 12.0 Å². The number of carbonyl (C=O) groups excluding carboxylic acids is 1. The average molecular weight is 402 g/mol. The number of piperidine rings is 1. The largest absolute Gasteiger partial charge is 0.481 e. The molecule has 2 aromatic heterocycles. The van der Waals surface area contributed by atoms with Gasteiger partial charge in [-0.25, -0.2) is 4.98 Å². The summed E-state index contributed by atoms with van der Waals surface area (Å²) in [4.78, 5) is 31.6. The maximum Gasteiger partial charge on any atom is 0.303 e. The number of carboxylic acids is 1. The standard InChI is InChI=1S/C21H30N4O4/c1-20(2,14-19(27)28)13-18(26)23(3)15-21(29)7-10-24(11-8-21)17-6-4-5-16-22-9-12-25(16)17/h4-6,9,12,29H,7-8,10-11,13-15H2,1-3H3,(H,27,28). The van der Waals surface area contributed by atoms with Gasteiger partial charge in [0.15, 0.2) is 0 Å². The van der Waals surface area contributed by atoms with Gasteiger partial charge in [-0.1, -0.05) is 19.9 Å². The van der Waals surface area contributed by atoms with Crippen molar-refractivity contribution in [1.29, 1.82) is 0 Å².